The van der Waals surface area contributed by atoms with Crippen molar-refractivity contribution in [1.82, 2.24) is 4.98 Å². The second kappa shape index (κ2) is 6.02. The quantitative estimate of drug-likeness (QED) is 0.641. The van der Waals surface area contributed by atoms with Crippen LogP contribution >= 0.6 is 11.3 Å². The predicted molar refractivity (Wildman–Crippen MR) is 85.4 cm³/mol. The Bertz CT molecular complexity index is 675. The van der Waals surface area contributed by atoms with Crippen LogP contribution in [0.1, 0.15) is 24.2 Å². The van der Waals surface area contributed by atoms with Crippen molar-refractivity contribution >= 4 is 22.8 Å². The molecule has 0 aliphatic carbocycles. The zero-order valence-electron chi connectivity index (χ0n) is 12.4. The first kappa shape index (κ1) is 14.9. The number of rotatable bonds is 3. The topological polar surface area (TPSA) is 68.5 Å². The van der Waals surface area contributed by atoms with Gasteiger partial charge in [-0.1, -0.05) is 0 Å². The lowest BCUT2D eigenvalue weighted by molar-refractivity contribution is -0.385. The molecular formula is C15H17N3O3S. The Labute approximate surface area is 132 Å². The van der Waals surface area contributed by atoms with Crippen LogP contribution in [0.15, 0.2) is 29.1 Å². The van der Waals surface area contributed by atoms with Gasteiger partial charge in [-0.2, -0.15) is 11.3 Å². The van der Waals surface area contributed by atoms with E-state index in [0.717, 1.165) is 12.4 Å². The molecular weight excluding hydrogens is 302 g/mol. The molecule has 1 aliphatic rings. The van der Waals surface area contributed by atoms with Gasteiger partial charge in [-0.15, -0.1) is 0 Å². The summed E-state index contributed by atoms with van der Waals surface area (Å²) in [5, 5.41) is 15.0. The summed E-state index contributed by atoms with van der Waals surface area (Å²) >= 11 is 1.65. The Hall–Kier alpha value is -1.99. The molecule has 1 saturated heterocycles. The van der Waals surface area contributed by atoms with Crippen molar-refractivity contribution in [3.8, 4) is 0 Å². The zero-order chi connectivity index (χ0) is 15.7. The van der Waals surface area contributed by atoms with Gasteiger partial charge in [0.2, 0.25) is 0 Å². The molecule has 7 heteroatoms. The van der Waals surface area contributed by atoms with Gasteiger partial charge < -0.3 is 9.64 Å². The van der Waals surface area contributed by atoms with Crippen LogP contribution in [-0.2, 0) is 4.74 Å². The van der Waals surface area contributed by atoms with Crippen LogP contribution in [0.2, 0.25) is 0 Å². The maximum absolute atomic E-state index is 10.9. The Morgan fingerprint density at radius 1 is 1.50 bits per heavy atom. The van der Waals surface area contributed by atoms with Gasteiger partial charge in [0.1, 0.15) is 18.1 Å². The first-order valence-electron chi connectivity index (χ1n) is 7.08. The van der Waals surface area contributed by atoms with E-state index < -0.39 is 4.92 Å². The highest BCUT2D eigenvalue weighted by Crippen LogP contribution is 2.30. The number of hydrogen-bond donors (Lipinski definition) is 0. The van der Waals surface area contributed by atoms with Crippen molar-refractivity contribution < 1.29 is 9.66 Å². The van der Waals surface area contributed by atoms with Gasteiger partial charge in [0.25, 0.3) is 5.69 Å². The third kappa shape index (κ3) is 2.95. The standard InChI is InChI=1S/C15H17N3O3S/c1-10-5-15(16-6-13(10)18(19)20)17-7-11(2)21-14(8-17)12-3-4-22-9-12/h3-6,9,11,14H,7-8H2,1-2H3/t11-,14-/m0/s1. The van der Waals surface area contributed by atoms with E-state index in [-0.39, 0.29) is 17.9 Å². The fourth-order valence-corrected chi connectivity index (χ4v) is 3.38. The minimum Gasteiger partial charge on any atom is -0.367 e. The Morgan fingerprint density at radius 2 is 2.32 bits per heavy atom. The van der Waals surface area contributed by atoms with Crippen molar-refractivity contribution in [1.29, 1.82) is 0 Å². The molecule has 0 saturated carbocycles. The summed E-state index contributed by atoms with van der Waals surface area (Å²) in [5.41, 5.74) is 1.85. The lowest BCUT2D eigenvalue weighted by Gasteiger charge is -2.37. The van der Waals surface area contributed by atoms with E-state index in [1.54, 1.807) is 24.3 Å². The van der Waals surface area contributed by atoms with Crippen LogP contribution in [0.4, 0.5) is 11.5 Å². The van der Waals surface area contributed by atoms with E-state index >= 15 is 0 Å². The number of nitrogens with zero attached hydrogens (tertiary/aromatic N) is 3. The Morgan fingerprint density at radius 3 is 2.95 bits per heavy atom. The minimum atomic E-state index is -0.401. The van der Waals surface area contributed by atoms with Crippen LogP contribution < -0.4 is 4.90 Å². The normalized spacial score (nSPS) is 21.8. The first-order valence-corrected chi connectivity index (χ1v) is 8.02. The molecule has 2 aromatic heterocycles. The fourth-order valence-electron chi connectivity index (χ4n) is 2.68. The van der Waals surface area contributed by atoms with Crippen molar-refractivity contribution in [2.45, 2.75) is 26.1 Å². The van der Waals surface area contributed by atoms with Gasteiger partial charge in [0.05, 0.1) is 11.0 Å². The highest BCUT2D eigenvalue weighted by molar-refractivity contribution is 7.07. The lowest BCUT2D eigenvalue weighted by atomic mass is 10.1. The van der Waals surface area contributed by atoms with E-state index in [4.69, 9.17) is 4.74 Å². The molecule has 0 bridgehead atoms. The highest BCUT2D eigenvalue weighted by Gasteiger charge is 2.28. The molecule has 0 unspecified atom stereocenters. The van der Waals surface area contributed by atoms with Crippen LogP contribution in [-0.4, -0.2) is 29.1 Å². The number of nitro groups is 1. The molecule has 116 valence electrons. The second-order valence-corrected chi connectivity index (χ2v) is 6.26. The van der Waals surface area contributed by atoms with Gasteiger partial charge in [0, 0.05) is 18.7 Å². The van der Waals surface area contributed by atoms with E-state index in [1.165, 1.54) is 11.8 Å². The Balaban J connectivity index is 1.84. The number of aromatic nitrogens is 1. The molecule has 0 spiro atoms. The smallest absolute Gasteiger partial charge is 0.290 e. The largest absolute Gasteiger partial charge is 0.367 e. The summed E-state index contributed by atoms with van der Waals surface area (Å²) in [4.78, 5) is 16.9. The number of pyridine rings is 1. The van der Waals surface area contributed by atoms with E-state index in [0.29, 0.717) is 12.1 Å². The molecule has 1 fully saturated rings. The highest BCUT2D eigenvalue weighted by atomic mass is 32.1. The molecule has 6 nitrogen and oxygen atoms in total. The molecule has 2 atom stereocenters. The van der Waals surface area contributed by atoms with Gasteiger partial charge >= 0.3 is 0 Å². The van der Waals surface area contributed by atoms with Crippen LogP contribution in [0.5, 0.6) is 0 Å². The molecule has 0 aromatic carbocycles. The van der Waals surface area contributed by atoms with Crippen molar-refractivity contribution in [3.05, 3.63) is 50.3 Å². The number of thiophene rings is 1. The van der Waals surface area contributed by atoms with Gasteiger partial charge in [-0.05, 0) is 42.3 Å². The SMILES string of the molecule is Cc1cc(N2C[C@@H](c3ccsc3)O[C@@H](C)C2)ncc1[N+](=O)[O-]. The van der Waals surface area contributed by atoms with Crippen molar-refractivity contribution in [2.24, 2.45) is 0 Å². The van der Waals surface area contributed by atoms with Gasteiger partial charge in [0.15, 0.2) is 0 Å². The number of morpholine rings is 1. The monoisotopic (exact) mass is 319 g/mol. The summed E-state index contributed by atoms with van der Waals surface area (Å²) in [6.07, 6.45) is 1.42. The van der Waals surface area contributed by atoms with E-state index in [9.17, 15) is 10.1 Å². The van der Waals surface area contributed by atoms with Gasteiger partial charge in [-0.25, -0.2) is 4.98 Å². The summed E-state index contributed by atoms with van der Waals surface area (Å²) in [6, 6.07) is 3.85. The van der Waals surface area contributed by atoms with E-state index in [1.807, 2.05) is 12.3 Å². The molecule has 3 heterocycles. The third-order valence-corrected chi connectivity index (χ3v) is 4.47. The maximum atomic E-state index is 10.9. The molecule has 0 amide bonds. The Kier molecular flexibility index (Phi) is 4.08. The molecule has 22 heavy (non-hydrogen) atoms. The fraction of sp³-hybridized carbons (Fsp3) is 0.400. The molecule has 1 aliphatic heterocycles. The maximum Gasteiger partial charge on any atom is 0.290 e. The summed E-state index contributed by atoms with van der Waals surface area (Å²) in [7, 11) is 0. The number of hydrogen-bond acceptors (Lipinski definition) is 6. The second-order valence-electron chi connectivity index (χ2n) is 5.48. The average Bonchev–Trinajstić information content (AvgIpc) is 3.00. The summed E-state index contributed by atoms with van der Waals surface area (Å²) in [6.45, 7) is 5.20. The predicted octanol–water partition coefficient (Wildman–Crippen LogP) is 3.33. The summed E-state index contributed by atoms with van der Waals surface area (Å²) in [5.74, 6) is 0.762. The molecule has 2 aromatic rings. The lowest BCUT2D eigenvalue weighted by Crippen LogP contribution is -2.43. The molecule has 0 N–H and O–H groups in total. The minimum absolute atomic E-state index is 0.00676. The van der Waals surface area contributed by atoms with E-state index in [2.05, 4.69) is 21.3 Å². The van der Waals surface area contributed by atoms with Crippen LogP contribution in [0, 0.1) is 17.0 Å². The van der Waals surface area contributed by atoms with Crippen molar-refractivity contribution in [3.63, 3.8) is 0 Å². The number of anilines is 1. The molecule has 0 radical (unpaired) electrons. The first-order chi connectivity index (χ1) is 10.5. The number of aryl methyl sites for hydroxylation is 1. The van der Waals surface area contributed by atoms with Crippen molar-refractivity contribution in [2.75, 3.05) is 18.0 Å². The van der Waals surface area contributed by atoms with Gasteiger partial charge in [-0.3, -0.25) is 10.1 Å². The summed E-state index contributed by atoms with van der Waals surface area (Å²) < 4.78 is 6.00. The zero-order valence-corrected chi connectivity index (χ0v) is 13.2. The third-order valence-electron chi connectivity index (χ3n) is 3.76. The van der Waals surface area contributed by atoms with Crippen LogP contribution in [0.25, 0.3) is 0 Å². The number of ether oxygens (including phenoxy) is 1. The average molecular weight is 319 g/mol. The van der Waals surface area contributed by atoms with Crippen LogP contribution in [0.3, 0.4) is 0 Å². The molecule has 3 rings (SSSR count).